The van der Waals surface area contributed by atoms with Gasteiger partial charge in [-0.15, -0.1) is 0 Å². The summed E-state index contributed by atoms with van der Waals surface area (Å²) < 4.78 is 8.92. The van der Waals surface area contributed by atoms with Crippen molar-refractivity contribution >= 4 is 5.97 Å². The summed E-state index contributed by atoms with van der Waals surface area (Å²) in [7, 11) is 1.62. The lowest BCUT2D eigenvalue weighted by Crippen LogP contribution is -2.00. The smallest absolute Gasteiger partial charge is 0.305 e. The number of hydrogen-bond acceptors (Lipinski definition) is 3. The summed E-state index contributed by atoms with van der Waals surface area (Å²) in [5.41, 5.74) is 0. The van der Waals surface area contributed by atoms with Crippen LogP contribution in [0.1, 0.15) is 13.3 Å². The second-order valence-corrected chi connectivity index (χ2v) is 1.55. The Morgan fingerprint density at radius 3 is 2.00 bits per heavy atom. The monoisotopic (exact) mass is 160 g/mol. The molecular formula is C8H16O3. The Morgan fingerprint density at radius 2 is 1.91 bits per heavy atom. The number of carbonyl (C=O) groups is 1. The van der Waals surface area contributed by atoms with Crippen molar-refractivity contribution in [3.8, 4) is 0 Å². The molecule has 0 aromatic heterocycles. The first-order chi connectivity index (χ1) is 5.22. The summed E-state index contributed by atoms with van der Waals surface area (Å²) in [5.74, 6) is -0.234. The van der Waals surface area contributed by atoms with Crippen LogP contribution in [0.15, 0.2) is 0 Å². The molecule has 0 rings (SSSR count). The molecule has 0 aliphatic rings. The molecule has 0 heterocycles. The third kappa shape index (κ3) is 17.7. The Labute approximate surface area is 68.7 Å². The minimum Gasteiger partial charge on any atom is -0.466 e. The first-order valence-electron chi connectivity index (χ1n) is 3.45. The molecule has 0 fully saturated rings. The van der Waals surface area contributed by atoms with Crippen LogP contribution in [0.25, 0.3) is 0 Å². The zero-order valence-electron chi connectivity index (χ0n) is 7.26. The molecule has 0 aromatic rings. The van der Waals surface area contributed by atoms with E-state index in [0.717, 1.165) is 0 Å². The molecule has 3 nitrogen and oxygen atoms in total. The van der Waals surface area contributed by atoms with Crippen molar-refractivity contribution in [2.75, 3.05) is 20.3 Å². The van der Waals surface area contributed by atoms with Crippen molar-refractivity contribution in [3.05, 3.63) is 13.8 Å². The highest BCUT2D eigenvalue weighted by Crippen LogP contribution is 1.80. The van der Waals surface area contributed by atoms with E-state index in [2.05, 4.69) is 23.3 Å². The number of rotatable bonds is 3. The maximum absolute atomic E-state index is 10.1. The van der Waals surface area contributed by atoms with Crippen LogP contribution in [0.5, 0.6) is 0 Å². The van der Waals surface area contributed by atoms with E-state index >= 15 is 0 Å². The average Bonchev–Trinajstić information content (AvgIpc) is 2.05. The Morgan fingerprint density at radius 1 is 1.45 bits per heavy atom. The Kier molecular flexibility index (Phi) is 14.4. The Hall–Kier alpha value is -0.570. The van der Waals surface area contributed by atoms with Crippen LogP contribution in [0, 0.1) is 13.8 Å². The number of methoxy groups -OCH3 is 1. The lowest BCUT2D eigenvalue weighted by Gasteiger charge is -1.93. The Balaban J connectivity index is 0. The van der Waals surface area contributed by atoms with Gasteiger partial charge in [0.25, 0.3) is 0 Å². The molecular weight excluding hydrogens is 144 g/mol. The molecule has 0 saturated heterocycles. The van der Waals surface area contributed by atoms with Gasteiger partial charge in [-0.05, 0) is 20.8 Å². The zero-order chi connectivity index (χ0) is 9.11. The molecule has 0 aliphatic heterocycles. The average molecular weight is 160 g/mol. The van der Waals surface area contributed by atoms with Crippen LogP contribution in [-0.2, 0) is 14.3 Å². The predicted molar refractivity (Wildman–Crippen MR) is 43.8 cm³/mol. The fourth-order valence-electron chi connectivity index (χ4n) is 0.233. The lowest BCUT2D eigenvalue weighted by atomic mass is 10.5. The number of esters is 1. The van der Waals surface area contributed by atoms with E-state index in [-0.39, 0.29) is 12.4 Å². The van der Waals surface area contributed by atoms with Gasteiger partial charge >= 0.3 is 5.97 Å². The van der Waals surface area contributed by atoms with Gasteiger partial charge in [-0.2, -0.15) is 0 Å². The molecule has 66 valence electrons. The molecule has 3 heteroatoms. The molecule has 0 amide bonds. The second kappa shape index (κ2) is 12.1. The summed E-state index contributed by atoms with van der Waals surface area (Å²) in [4.78, 5) is 10.1. The summed E-state index contributed by atoms with van der Waals surface area (Å²) in [6, 6.07) is 0. The van der Waals surface area contributed by atoms with Crippen LogP contribution in [0.2, 0.25) is 0 Å². The van der Waals surface area contributed by atoms with Gasteiger partial charge in [0.2, 0.25) is 0 Å². The third-order valence-electron chi connectivity index (χ3n) is 0.714. The summed E-state index contributed by atoms with van der Waals surface area (Å²) >= 11 is 0. The van der Waals surface area contributed by atoms with E-state index in [0.29, 0.717) is 13.2 Å². The second-order valence-electron chi connectivity index (χ2n) is 1.55. The zero-order valence-corrected chi connectivity index (χ0v) is 7.26. The van der Waals surface area contributed by atoms with Crippen molar-refractivity contribution in [2.24, 2.45) is 0 Å². The number of ether oxygens (including phenoxy) is 2. The fourth-order valence-corrected chi connectivity index (χ4v) is 0.233. The van der Waals surface area contributed by atoms with E-state index in [1.54, 1.807) is 14.0 Å². The topological polar surface area (TPSA) is 35.5 Å². The van der Waals surface area contributed by atoms with Gasteiger partial charge in [0.05, 0.1) is 6.61 Å². The molecule has 0 spiro atoms. The molecule has 0 saturated carbocycles. The highest BCUT2D eigenvalue weighted by molar-refractivity contribution is 5.69. The van der Waals surface area contributed by atoms with E-state index in [1.165, 1.54) is 0 Å². The van der Waals surface area contributed by atoms with Gasteiger partial charge in [0.1, 0.15) is 0 Å². The van der Waals surface area contributed by atoms with Gasteiger partial charge in [0.15, 0.2) is 0 Å². The molecule has 0 N–H and O–H groups in total. The SMILES string of the molecule is [CH2]CC(=O)OCC.[CH2]COC. The van der Waals surface area contributed by atoms with Crippen LogP contribution >= 0.6 is 0 Å². The van der Waals surface area contributed by atoms with Crippen LogP contribution in [-0.4, -0.2) is 26.3 Å². The van der Waals surface area contributed by atoms with Gasteiger partial charge in [-0.1, -0.05) is 0 Å². The van der Waals surface area contributed by atoms with E-state index < -0.39 is 0 Å². The van der Waals surface area contributed by atoms with Gasteiger partial charge in [-0.25, -0.2) is 0 Å². The van der Waals surface area contributed by atoms with E-state index in [1.807, 2.05) is 0 Å². The third-order valence-corrected chi connectivity index (χ3v) is 0.714. The standard InChI is InChI=1S/C5H9O2.C3H7O/c1-3-5(6)7-4-2;1-3-4-2/h1,3-4H2,2H3;1,3H2,2H3. The molecule has 0 atom stereocenters. The minimum absolute atomic E-state index is 0.230. The van der Waals surface area contributed by atoms with E-state index in [9.17, 15) is 4.79 Å². The lowest BCUT2D eigenvalue weighted by molar-refractivity contribution is -0.142. The van der Waals surface area contributed by atoms with Gasteiger partial charge < -0.3 is 9.47 Å². The van der Waals surface area contributed by atoms with Crippen molar-refractivity contribution in [2.45, 2.75) is 13.3 Å². The molecule has 2 radical (unpaired) electrons. The summed E-state index contributed by atoms with van der Waals surface area (Å²) in [6.45, 7) is 9.51. The highest BCUT2D eigenvalue weighted by atomic mass is 16.5. The Bertz CT molecular complexity index is 79.4. The first-order valence-corrected chi connectivity index (χ1v) is 3.45. The van der Waals surface area contributed by atoms with Gasteiger partial charge in [-0.3, -0.25) is 4.79 Å². The summed E-state index contributed by atoms with van der Waals surface area (Å²) in [5, 5.41) is 0. The van der Waals surface area contributed by atoms with Crippen LogP contribution in [0.4, 0.5) is 0 Å². The van der Waals surface area contributed by atoms with Crippen LogP contribution in [0.3, 0.4) is 0 Å². The number of carbonyl (C=O) groups excluding carboxylic acids is 1. The molecule has 0 aliphatic carbocycles. The van der Waals surface area contributed by atoms with Gasteiger partial charge in [0, 0.05) is 20.1 Å². The normalized spacial score (nSPS) is 8.00. The first kappa shape index (κ1) is 13.1. The van der Waals surface area contributed by atoms with Crippen molar-refractivity contribution in [1.29, 1.82) is 0 Å². The maximum atomic E-state index is 10.1. The molecule has 0 bridgehead atoms. The van der Waals surface area contributed by atoms with Crippen molar-refractivity contribution in [3.63, 3.8) is 0 Å². The maximum Gasteiger partial charge on any atom is 0.305 e. The minimum atomic E-state index is -0.234. The largest absolute Gasteiger partial charge is 0.466 e. The fraction of sp³-hybridized carbons (Fsp3) is 0.625. The number of hydrogen-bond donors (Lipinski definition) is 0. The summed E-state index contributed by atoms with van der Waals surface area (Å²) in [6.07, 6.45) is 0.230. The quantitative estimate of drug-likeness (QED) is 0.583. The van der Waals surface area contributed by atoms with Crippen LogP contribution < -0.4 is 0 Å². The molecule has 11 heavy (non-hydrogen) atoms. The predicted octanol–water partition coefficient (Wildman–Crippen LogP) is 1.24. The molecule has 0 aromatic carbocycles. The molecule has 0 unspecified atom stereocenters. The van der Waals surface area contributed by atoms with E-state index in [4.69, 9.17) is 0 Å². The van der Waals surface area contributed by atoms with Crippen molar-refractivity contribution < 1.29 is 14.3 Å². The van der Waals surface area contributed by atoms with Crippen molar-refractivity contribution in [1.82, 2.24) is 0 Å². The highest BCUT2D eigenvalue weighted by Gasteiger charge is 1.91.